The third kappa shape index (κ3) is 3.14. The lowest BCUT2D eigenvalue weighted by Gasteiger charge is -2.35. The van der Waals surface area contributed by atoms with E-state index in [0.29, 0.717) is 0 Å². The maximum atomic E-state index is 4.46. The van der Waals surface area contributed by atoms with E-state index in [1.54, 1.807) is 12.7 Å². The number of hydrogen-bond donors (Lipinski definition) is 0. The van der Waals surface area contributed by atoms with Crippen molar-refractivity contribution in [3.8, 4) is 0 Å². The fourth-order valence-corrected chi connectivity index (χ4v) is 2.49. The van der Waals surface area contributed by atoms with E-state index in [2.05, 4.69) is 37.9 Å². The average molecular weight is 272 g/mol. The Bertz CT molecular complexity index is 530. The molecule has 0 N–H and O–H groups in total. The summed E-state index contributed by atoms with van der Waals surface area (Å²) in [5, 5.41) is 4.13. The Morgan fingerprint density at radius 1 is 1.15 bits per heavy atom. The van der Waals surface area contributed by atoms with Crippen molar-refractivity contribution in [1.29, 1.82) is 0 Å². The molecule has 6 nitrogen and oxygen atoms in total. The second kappa shape index (κ2) is 6.00. The van der Waals surface area contributed by atoms with Crippen molar-refractivity contribution in [2.75, 3.05) is 37.6 Å². The summed E-state index contributed by atoms with van der Waals surface area (Å²) in [6.07, 6.45) is 5.25. The minimum atomic E-state index is 0.905. The molecule has 0 unspecified atom stereocenters. The number of piperazine rings is 1. The van der Waals surface area contributed by atoms with E-state index in [0.717, 1.165) is 45.1 Å². The lowest BCUT2D eigenvalue weighted by molar-refractivity contribution is 0.244. The minimum Gasteiger partial charge on any atom is -0.354 e. The van der Waals surface area contributed by atoms with Crippen LogP contribution in [-0.2, 0) is 6.54 Å². The average Bonchev–Trinajstić information content (AvgIpc) is 2.99. The number of hydrogen-bond acceptors (Lipinski definition) is 5. The molecule has 0 aromatic carbocycles. The van der Waals surface area contributed by atoms with Gasteiger partial charge < -0.3 is 4.90 Å². The fraction of sp³-hybridized carbons (Fsp3) is 0.500. The number of aromatic nitrogens is 4. The zero-order valence-electron chi connectivity index (χ0n) is 11.8. The Kier molecular flexibility index (Phi) is 3.92. The third-order valence-corrected chi connectivity index (χ3v) is 3.71. The van der Waals surface area contributed by atoms with Crippen molar-refractivity contribution in [3.63, 3.8) is 0 Å². The normalized spacial score (nSPS) is 16.6. The summed E-state index contributed by atoms with van der Waals surface area (Å²) in [7, 11) is 0. The molecule has 0 bridgehead atoms. The second-order valence-electron chi connectivity index (χ2n) is 5.18. The van der Waals surface area contributed by atoms with Gasteiger partial charge in [0.2, 0.25) is 0 Å². The van der Waals surface area contributed by atoms with Crippen molar-refractivity contribution >= 4 is 5.82 Å². The minimum absolute atomic E-state index is 0.905. The summed E-state index contributed by atoms with van der Waals surface area (Å²) in [6.45, 7) is 8.26. The quantitative estimate of drug-likeness (QED) is 0.824. The molecule has 20 heavy (non-hydrogen) atoms. The molecule has 0 spiro atoms. The molecular formula is C14H20N6. The number of nitrogens with zero attached hydrogens (tertiary/aromatic N) is 6. The first kappa shape index (κ1) is 13.1. The lowest BCUT2D eigenvalue weighted by atomic mass is 10.2. The Morgan fingerprint density at radius 2 is 2.00 bits per heavy atom. The first-order chi connectivity index (χ1) is 9.81. The summed E-state index contributed by atoms with van der Waals surface area (Å²) >= 11 is 0. The van der Waals surface area contributed by atoms with Gasteiger partial charge >= 0.3 is 0 Å². The van der Waals surface area contributed by atoms with E-state index in [-0.39, 0.29) is 0 Å². The van der Waals surface area contributed by atoms with Gasteiger partial charge in [0, 0.05) is 38.9 Å². The maximum Gasteiger partial charge on any atom is 0.137 e. The molecule has 1 aliphatic heterocycles. The van der Waals surface area contributed by atoms with Crippen LogP contribution in [0.5, 0.6) is 0 Å². The molecular weight excluding hydrogens is 252 g/mol. The Hall–Kier alpha value is -1.95. The number of pyridine rings is 1. The molecule has 0 atom stereocenters. The third-order valence-electron chi connectivity index (χ3n) is 3.71. The van der Waals surface area contributed by atoms with E-state index >= 15 is 0 Å². The van der Waals surface area contributed by atoms with Gasteiger partial charge in [-0.15, -0.1) is 0 Å². The van der Waals surface area contributed by atoms with Gasteiger partial charge in [-0.3, -0.25) is 9.58 Å². The van der Waals surface area contributed by atoms with Gasteiger partial charge in [-0.1, -0.05) is 0 Å². The van der Waals surface area contributed by atoms with E-state index in [1.807, 2.05) is 16.9 Å². The van der Waals surface area contributed by atoms with Crippen LogP contribution >= 0.6 is 0 Å². The molecule has 106 valence electrons. The van der Waals surface area contributed by atoms with Crippen LogP contribution in [0.25, 0.3) is 0 Å². The molecule has 3 heterocycles. The van der Waals surface area contributed by atoms with E-state index in [9.17, 15) is 0 Å². The molecule has 0 aliphatic carbocycles. The van der Waals surface area contributed by atoms with Crippen molar-refractivity contribution in [1.82, 2.24) is 24.6 Å². The van der Waals surface area contributed by atoms with Crippen LogP contribution in [-0.4, -0.2) is 57.4 Å². The Balaban J connectivity index is 1.49. The number of anilines is 1. The molecule has 0 radical (unpaired) electrons. The van der Waals surface area contributed by atoms with Gasteiger partial charge in [-0.2, -0.15) is 5.10 Å². The Morgan fingerprint density at radius 3 is 2.70 bits per heavy atom. The van der Waals surface area contributed by atoms with Gasteiger partial charge in [-0.25, -0.2) is 9.97 Å². The monoisotopic (exact) mass is 272 g/mol. The van der Waals surface area contributed by atoms with Crippen LogP contribution < -0.4 is 4.90 Å². The highest BCUT2D eigenvalue weighted by atomic mass is 15.3. The van der Waals surface area contributed by atoms with Crippen LogP contribution in [0.1, 0.15) is 5.56 Å². The van der Waals surface area contributed by atoms with Crippen LogP contribution in [0.2, 0.25) is 0 Å². The molecule has 2 aromatic rings. The predicted molar refractivity (Wildman–Crippen MR) is 77.6 cm³/mol. The van der Waals surface area contributed by atoms with Gasteiger partial charge in [0.05, 0.1) is 6.54 Å². The molecule has 2 aromatic heterocycles. The SMILES string of the molecule is Cc1ccnc(N2CCN(CCn3cncn3)CC2)c1. The van der Waals surface area contributed by atoms with Crippen molar-refractivity contribution in [2.24, 2.45) is 0 Å². The van der Waals surface area contributed by atoms with Crippen LogP contribution in [0.15, 0.2) is 31.0 Å². The van der Waals surface area contributed by atoms with Gasteiger partial charge in [0.1, 0.15) is 18.5 Å². The first-order valence-electron chi connectivity index (χ1n) is 7.03. The van der Waals surface area contributed by atoms with Crippen LogP contribution in [0.4, 0.5) is 5.82 Å². The summed E-state index contributed by atoms with van der Waals surface area (Å²) in [5.41, 5.74) is 1.27. The number of aryl methyl sites for hydroxylation is 1. The summed E-state index contributed by atoms with van der Waals surface area (Å²) in [4.78, 5) is 13.2. The van der Waals surface area contributed by atoms with E-state index < -0.39 is 0 Å². The standard InChI is InChI=1S/C14H20N6/c1-13-2-3-16-14(10-13)19-7-4-18(5-8-19)6-9-20-12-15-11-17-20/h2-3,10-12H,4-9H2,1H3. The fourth-order valence-electron chi connectivity index (χ4n) is 2.49. The predicted octanol–water partition coefficient (Wildman–Crippen LogP) is 0.804. The molecule has 1 aliphatic rings. The van der Waals surface area contributed by atoms with Crippen molar-refractivity contribution in [3.05, 3.63) is 36.5 Å². The summed E-state index contributed by atoms with van der Waals surface area (Å²) in [5.74, 6) is 1.10. The van der Waals surface area contributed by atoms with Gasteiger partial charge in [0.25, 0.3) is 0 Å². The highest BCUT2D eigenvalue weighted by molar-refractivity contribution is 5.41. The highest BCUT2D eigenvalue weighted by Gasteiger charge is 2.17. The molecule has 1 fully saturated rings. The van der Waals surface area contributed by atoms with Crippen molar-refractivity contribution in [2.45, 2.75) is 13.5 Å². The maximum absolute atomic E-state index is 4.46. The van der Waals surface area contributed by atoms with Crippen molar-refractivity contribution < 1.29 is 0 Å². The molecule has 6 heteroatoms. The van der Waals surface area contributed by atoms with Crippen LogP contribution in [0.3, 0.4) is 0 Å². The lowest BCUT2D eigenvalue weighted by Crippen LogP contribution is -2.47. The van der Waals surface area contributed by atoms with Gasteiger partial charge in [0.15, 0.2) is 0 Å². The summed E-state index contributed by atoms with van der Waals surface area (Å²) < 4.78 is 1.88. The molecule has 1 saturated heterocycles. The zero-order valence-corrected chi connectivity index (χ0v) is 11.8. The first-order valence-corrected chi connectivity index (χ1v) is 7.03. The summed E-state index contributed by atoms with van der Waals surface area (Å²) in [6, 6.07) is 4.20. The van der Waals surface area contributed by atoms with Gasteiger partial charge in [-0.05, 0) is 24.6 Å². The van der Waals surface area contributed by atoms with E-state index in [1.165, 1.54) is 5.56 Å². The molecule has 0 amide bonds. The Labute approximate surface area is 119 Å². The zero-order chi connectivity index (χ0) is 13.8. The van der Waals surface area contributed by atoms with Crippen LogP contribution in [0, 0.1) is 6.92 Å². The topological polar surface area (TPSA) is 50.1 Å². The highest BCUT2D eigenvalue weighted by Crippen LogP contribution is 2.14. The molecule has 3 rings (SSSR count). The smallest absolute Gasteiger partial charge is 0.137 e. The molecule has 0 saturated carbocycles. The number of rotatable bonds is 4. The second-order valence-corrected chi connectivity index (χ2v) is 5.18. The van der Waals surface area contributed by atoms with E-state index in [4.69, 9.17) is 0 Å². The largest absolute Gasteiger partial charge is 0.354 e.